The molecular weight excluding hydrogens is 332 g/mol. The van der Waals surface area contributed by atoms with Gasteiger partial charge in [-0.3, -0.25) is 4.79 Å². The number of amides is 1. The van der Waals surface area contributed by atoms with Gasteiger partial charge in [-0.1, -0.05) is 34.5 Å². The molecule has 2 aliphatic rings. The molecule has 2 atom stereocenters. The highest BCUT2D eigenvalue weighted by Gasteiger charge is 2.39. The van der Waals surface area contributed by atoms with Gasteiger partial charge in [0.1, 0.15) is 0 Å². The van der Waals surface area contributed by atoms with Gasteiger partial charge < -0.3 is 15.7 Å². The first-order valence-corrected chi connectivity index (χ1v) is 8.34. The number of carbonyl (C=O) groups is 1. The molecule has 3 N–H and O–H groups in total. The highest BCUT2D eigenvalue weighted by molar-refractivity contribution is 9.10. The van der Waals surface area contributed by atoms with Gasteiger partial charge in [-0.05, 0) is 37.0 Å². The lowest BCUT2D eigenvalue weighted by Gasteiger charge is -2.43. The molecule has 1 amide bonds. The standard InChI is InChI=1S/C16H21BrN2O2/c17-12-4-1-3-11(7-12)16(5-2-6-16)10-19-15(21)14-8-13(20)9-18-14/h1,3-4,7,13-14,18,20H,2,5-6,8-10H2,(H,19,21)/t13-,14-/m0/s1. The summed E-state index contributed by atoms with van der Waals surface area (Å²) >= 11 is 3.52. The number of rotatable bonds is 4. The minimum atomic E-state index is -0.400. The Kier molecular flexibility index (Phi) is 4.33. The van der Waals surface area contributed by atoms with Gasteiger partial charge in [0.05, 0.1) is 12.1 Å². The summed E-state index contributed by atoms with van der Waals surface area (Å²) in [7, 11) is 0. The van der Waals surface area contributed by atoms with Crippen molar-refractivity contribution in [1.82, 2.24) is 10.6 Å². The van der Waals surface area contributed by atoms with E-state index in [0.29, 0.717) is 19.5 Å². The zero-order chi connectivity index (χ0) is 14.9. The monoisotopic (exact) mass is 352 g/mol. The van der Waals surface area contributed by atoms with Crippen LogP contribution in [-0.2, 0) is 10.2 Å². The van der Waals surface area contributed by atoms with Crippen LogP contribution in [0.5, 0.6) is 0 Å². The van der Waals surface area contributed by atoms with Gasteiger partial charge in [0.2, 0.25) is 5.91 Å². The molecule has 0 radical (unpaired) electrons. The van der Waals surface area contributed by atoms with E-state index in [0.717, 1.165) is 17.3 Å². The first-order chi connectivity index (χ1) is 10.1. The molecule has 0 bridgehead atoms. The predicted molar refractivity (Wildman–Crippen MR) is 85.1 cm³/mol. The first kappa shape index (κ1) is 15.0. The molecule has 3 rings (SSSR count). The van der Waals surface area contributed by atoms with E-state index in [1.165, 1.54) is 12.0 Å². The Morgan fingerprint density at radius 1 is 1.48 bits per heavy atom. The van der Waals surface area contributed by atoms with E-state index in [-0.39, 0.29) is 17.4 Å². The van der Waals surface area contributed by atoms with Crippen molar-refractivity contribution in [3.63, 3.8) is 0 Å². The maximum absolute atomic E-state index is 12.2. The average Bonchev–Trinajstić information content (AvgIpc) is 2.84. The number of hydrogen-bond acceptors (Lipinski definition) is 3. The Morgan fingerprint density at radius 3 is 2.86 bits per heavy atom. The summed E-state index contributed by atoms with van der Waals surface area (Å²) in [5, 5.41) is 15.6. The van der Waals surface area contributed by atoms with E-state index >= 15 is 0 Å². The number of aliphatic hydroxyl groups excluding tert-OH is 1. The average molecular weight is 353 g/mol. The summed E-state index contributed by atoms with van der Waals surface area (Å²) in [6, 6.07) is 8.13. The molecule has 0 aromatic heterocycles. The minimum absolute atomic E-state index is 0.00724. The van der Waals surface area contributed by atoms with E-state index in [4.69, 9.17) is 0 Å². The number of hydrogen-bond donors (Lipinski definition) is 3. The van der Waals surface area contributed by atoms with Crippen molar-refractivity contribution in [3.8, 4) is 0 Å². The van der Waals surface area contributed by atoms with Crippen molar-refractivity contribution in [3.05, 3.63) is 34.3 Å². The molecular formula is C16H21BrN2O2. The first-order valence-electron chi connectivity index (χ1n) is 7.54. The SMILES string of the molecule is O=C(NCC1(c2cccc(Br)c2)CCC1)[C@@H]1C[C@H](O)CN1. The second-order valence-electron chi connectivity index (χ2n) is 6.21. The number of benzene rings is 1. The second-order valence-corrected chi connectivity index (χ2v) is 7.13. The summed E-state index contributed by atoms with van der Waals surface area (Å²) in [5.74, 6) is 0.00724. The zero-order valence-corrected chi connectivity index (χ0v) is 13.5. The third-order valence-corrected chi connectivity index (χ3v) is 5.27. The van der Waals surface area contributed by atoms with Crippen LogP contribution in [-0.4, -0.2) is 36.2 Å². The normalized spacial score (nSPS) is 27.1. The quantitative estimate of drug-likeness (QED) is 0.772. The van der Waals surface area contributed by atoms with Crippen LogP contribution in [0.1, 0.15) is 31.2 Å². The molecule has 2 fully saturated rings. The molecule has 1 saturated heterocycles. The van der Waals surface area contributed by atoms with Crippen molar-refractivity contribution in [1.29, 1.82) is 0 Å². The van der Waals surface area contributed by atoms with Crippen molar-refractivity contribution in [2.75, 3.05) is 13.1 Å². The predicted octanol–water partition coefficient (Wildman–Crippen LogP) is 1.71. The molecule has 114 valence electrons. The van der Waals surface area contributed by atoms with Gasteiger partial charge in [0.25, 0.3) is 0 Å². The molecule has 4 nitrogen and oxygen atoms in total. The van der Waals surface area contributed by atoms with E-state index < -0.39 is 6.10 Å². The highest BCUT2D eigenvalue weighted by Crippen LogP contribution is 2.43. The summed E-state index contributed by atoms with van der Waals surface area (Å²) in [6.45, 7) is 1.19. The summed E-state index contributed by atoms with van der Waals surface area (Å²) in [6.07, 6.45) is 3.55. The fraction of sp³-hybridized carbons (Fsp3) is 0.562. The van der Waals surface area contributed by atoms with E-state index in [1.54, 1.807) is 0 Å². The van der Waals surface area contributed by atoms with Crippen molar-refractivity contribution >= 4 is 21.8 Å². The molecule has 1 aromatic rings. The second kappa shape index (κ2) is 6.07. The molecule has 5 heteroatoms. The topological polar surface area (TPSA) is 61.4 Å². The van der Waals surface area contributed by atoms with Crippen LogP contribution in [0.2, 0.25) is 0 Å². The van der Waals surface area contributed by atoms with Gasteiger partial charge in [0, 0.05) is 23.0 Å². The van der Waals surface area contributed by atoms with Crippen molar-refractivity contribution in [2.24, 2.45) is 0 Å². The molecule has 1 aromatic carbocycles. The van der Waals surface area contributed by atoms with Crippen LogP contribution in [0.15, 0.2) is 28.7 Å². The molecule has 1 aliphatic carbocycles. The molecule has 1 heterocycles. The Bertz CT molecular complexity index is 531. The number of halogens is 1. The van der Waals surface area contributed by atoms with Crippen LogP contribution in [0.25, 0.3) is 0 Å². The molecule has 0 spiro atoms. The number of aliphatic hydroxyl groups is 1. The van der Waals surface area contributed by atoms with Crippen LogP contribution in [0.3, 0.4) is 0 Å². The lowest BCUT2D eigenvalue weighted by Crippen LogP contribution is -2.49. The van der Waals surface area contributed by atoms with Gasteiger partial charge in [-0.25, -0.2) is 0 Å². The van der Waals surface area contributed by atoms with E-state index in [2.05, 4.69) is 44.8 Å². The van der Waals surface area contributed by atoms with Crippen LogP contribution < -0.4 is 10.6 Å². The molecule has 21 heavy (non-hydrogen) atoms. The Morgan fingerprint density at radius 2 is 2.29 bits per heavy atom. The van der Waals surface area contributed by atoms with Gasteiger partial charge in [0.15, 0.2) is 0 Å². The maximum atomic E-state index is 12.2. The van der Waals surface area contributed by atoms with Gasteiger partial charge >= 0.3 is 0 Å². The Balaban J connectivity index is 1.63. The van der Waals surface area contributed by atoms with Crippen molar-refractivity contribution < 1.29 is 9.90 Å². The van der Waals surface area contributed by atoms with Gasteiger partial charge in [-0.2, -0.15) is 0 Å². The van der Waals surface area contributed by atoms with Crippen LogP contribution >= 0.6 is 15.9 Å². The Hall–Kier alpha value is -0.910. The van der Waals surface area contributed by atoms with Gasteiger partial charge in [-0.15, -0.1) is 0 Å². The fourth-order valence-corrected chi connectivity index (χ4v) is 3.68. The largest absolute Gasteiger partial charge is 0.392 e. The summed E-state index contributed by atoms with van der Waals surface area (Å²) in [5.41, 5.74) is 1.37. The summed E-state index contributed by atoms with van der Waals surface area (Å²) in [4.78, 5) is 12.2. The molecule has 1 aliphatic heterocycles. The van der Waals surface area contributed by atoms with Crippen LogP contribution in [0, 0.1) is 0 Å². The van der Waals surface area contributed by atoms with Crippen molar-refractivity contribution in [2.45, 2.75) is 43.2 Å². The molecule has 0 unspecified atom stereocenters. The van der Waals surface area contributed by atoms with Crippen LogP contribution in [0.4, 0.5) is 0 Å². The third-order valence-electron chi connectivity index (χ3n) is 4.77. The Labute approximate surface area is 133 Å². The fourth-order valence-electron chi connectivity index (χ4n) is 3.29. The maximum Gasteiger partial charge on any atom is 0.237 e. The lowest BCUT2D eigenvalue weighted by atomic mass is 9.64. The minimum Gasteiger partial charge on any atom is -0.392 e. The zero-order valence-electron chi connectivity index (χ0n) is 11.9. The van der Waals surface area contributed by atoms with E-state index in [1.807, 2.05) is 6.07 Å². The lowest BCUT2D eigenvalue weighted by molar-refractivity contribution is -0.123. The number of β-amino-alcohol motifs (C(OH)–C–C–N with tert-alkyl or cyclic N) is 1. The smallest absolute Gasteiger partial charge is 0.237 e. The summed E-state index contributed by atoms with van der Waals surface area (Å²) < 4.78 is 1.08. The van der Waals surface area contributed by atoms with E-state index in [9.17, 15) is 9.90 Å². The number of carbonyl (C=O) groups excluding carboxylic acids is 1. The highest BCUT2D eigenvalue weighted by atomic mass is 79.9. The number of nitrogens with one attached hydrogen (secondary N) is 2. The third kappa shape index (κ3) is 3.15. The molecule has 1 saturated carbocycles.